The molecule has 0 radical (unpaired) electrons. The van der Waals surface area contributed by atoms with Gasteiger partial charge < -0.3 is 4.57 Å². The number of rotatable bonds is 3. The molecule has 0 fully saturated rings. The number of benzene rings is 2. The lowest BCUT2D eigenvalue weighted by molar-refractivity contribution is 0.766. The Bertz CT molecular complexity index is 1110. The Labute approximate surface area is 137 Å². The predicted molar refractivity (Wildman–Crippen MR) is 93.7 cm³/mol. The molecule has 2 aromatic carbocycles. The van der Waals surface area contributed by atoms with Crippen molar-refractivity contribution < 1.29 is 0 Å². The summed E-state index contributed by atoms with van der Waals surface area (Å²) in [5, 5.41) is 3.50. The zero-order valence-corrected chi connectivity index (χ0v) is 12.8. The van der Waals surface area contributed by atoms with E-state index in [2.05, 4.69) is 5.10 Å². The van der Waals surface area contributed by atoms with Gasteiger partial charge in [0, 0.05) is 12.3 Å². The zero-order chi connectivity index (χ0) is 16.5. The van der Waals surface area contributed by atoms with Crippen LogP contribution in [0, 0.1) is 0 Å². The highest BCUT2D eigenvalue weighted by Crippen LogP contribution is 2.10. The van der Waals surface area contributed by atoms with Crippen molar-refractivity contribution in [3.05, 3.63) is 99.2 Å². The van der Waals surface area contributed by atoms with E-state index in [1.165, 1.54) is 10.7 Å². The van der Waals surface area contributed by atoms with Crippen molar-refractivity contribution in [2.24, 2.45) is 0 Å². The second kappa shape index (κ2) is 5.70. The third-order valence-electron chi connectivity index (χ3n) is 4.00. The first kappa shape index (κ1) is 14.3. The van der Waals surface area contributed by atoms with E-state index in [4.69, 9.17) is 0 Å². The van der Waals surface area contributed by atoms with Gasteiger partial charge in [0.25, 0.3) is 11.1 Å². The molecule has 0 aliphatic rings. The van der Waals surface area contributed by atoms with Gasteiger partial charge in [-0.15, -0.1) is 0 Å². The fraction of sp³-hybridized carbons (Fsp3) is 0.0526. The Hall–Kier alpha value is -3.34. The van der Waals surface area contributed by atoms with Crippen molar-refractivity contribution in [2.45, 2.75) is 6.54 Å². The number of hydrogen-bond donors (Lipinski definition) is 1. The average Bonchev–Trinajstić information content (AvgIpc) is 2.93. The molecule has 118 valence electrons. The number of aromatic nitrogens is 3. The molecular weight excluding hydrogens is 302 g/mol. The number of nitrogens with one attached hydrogen (secondary N) is 1. The van der Waals surface area contributed by atoms with Crippen LogP contribution in [-0.4, -0.2) is 14.3 Å². The second-order valence-corrected chi connectivity index (χ2v) is 5.64. The average molecular weight is 317 g/mol. The molecule has 0 amide bonds. The number of pyridine rings is 1. The molecule has 1 N–H and O–H groups in total. The molecule has 0 atom stereocenters. The van der Waals surface area contributed by atoms with E-state index in [1.54, 1.807) is 10.8 Å². The molecular formula is C19H15N3O2. The summed E-state index contributed by atoms with van der Waals surface area (Å²) >= 11 is 0. The van der Waals surface area contributed by atoms with E-state index in [1.807, 2.05) is 60.7 Å². The van der Waals surface area contributed by atoms with Crippen molar-refractivity contribution in [3.63, 3.8) is 0 Å². The van der Waals surface area contributed by atoms with Crippen molar-refractivity contribution in [3.8, 4) is 5.69 Å². The first-order valence-electron chi connectivity index (χ1n) is 7.67. The van der Waals surface area contributed by atoms with Gasteiger partial charge in [0.2, 0.25) is 0 Å². The van der Waals surface area contributed by atoms with E-state index in [0.717, 1.165) is 11.3 Å². The highest BCUT2D eigenvalue weighted by Gasteiger charge is 2.10. The van der Waals surface area contributed by atoms with Gasteiger partial charge in [0.15, 0.2) is 0 Å². The lowest BCUT2D eigenvalue weighted by atomic mass is 10.2. The van der Waals surface area contributed by atoms with Crippen molar-refractivity contribution in [2.75, 3.05) is 0 Å². The Morgan fingerprint density at radius 2 is 1.54 bits per heavy atom. The number of hydrogen-bond acceptors (Lipinski definition) is 2. The summed E-state index contributed by atoms with van der Waals surface area (Å²) in [7, 11) is 0. The summed E-state index contributed by atoms with van der Waals surface area (Å²) in [6, 6.07) is 20.5. The third kappa shape index (κ3) is 2.46. The minimum atomic E-state index is -0.169. The van der Waals surface area contributed by atoms with E-state index in [9.17, 15) is 9.59 Å². The number of aromatic amines is 1. The van der Waals surface area contributed by atoms with Crippen molar-refractivity contribution in [1.82, 2.24) is 14.3 Å². The van der Waals surface area contributed by atoms with Crippen LogP contribution in [-0.2, 0) is 6.54 Å². The van der Waals surface area contributed by atoms with Crippen molar-refractivity contribution in [1.29, 1.82) is 0 Å². The van der Waals surface area contributed by atoms with E-state index in [-0.39, 0.29) is 11.1 Å². The molecule has 5 nitrogen and oxygen atoms in total. The van der Waals surface area contributed by atoms with Crippen LogP contribution in [0.2, 0.25) is 0 Å². The molecule has 0 aliphatic carbocycles. The Kier molecular flexibility index (Phi) is 3.39. The largest absolute Gasteiger partial charge is 0.310 e. The SMILES string of the molecule is O=c1cc2[nH]n(-c3ccccc3)c(=O)c2cn1Cc1ccccc1. The summed E-state index contributed by atoms with van der Waals surface area (Å²) in [5.41, 5.74) is 1.97. The maximum atomic E-state index is 12.7. The van der Waals surface area contributed by atoms with Crippen molar-refractivity contribution >= 4 is 10.9 Å². The lowest BCUT2D eigenvalue weighted by Crippen LogP contribution is -2.20. The fourth-order valence-corrected chi connectivity index (χ4v) is 2.79. The molecule has 2 aromatic heterocycles. The molecule has 4 rings (SSSR count). The molecule has 0 aliphatic heterocycles. The molecule has 0 bridgehead atoms. The van der Waals surface area contributed by atoms with E-state index >= 15 is 0 Å². The Morgan fingerprint density at radius 3 is 2.25 bits per heavy atom. The topological polar surface area (TPSA) is 59.8 Å². The molecule has 0 spiro atoms. The van der Waals surface area contributed by atoms with Crippen LogP contribution >= 0.6 is 0 Å². The number of fused-ring (bicyclic) bond motifs is 1. The number of para-hydroxylation sites is 1. The van der Waals surface area contributed by atoms with Crippen LogP contribution in [0.3, 0.4) is 0 Å². The van der Waals surface area contributed by atoms with Gasteiger partial charge in [-0.25, -0.2) is 4.68 Å². The molecule has 0 saturated heterocycles. The van der Waals surface area contributed by atoms with Crippen LogP contribution in [0.15, 0.2) is 82.5 Å². The van der Waals surface area contributed by atoms with Gasteiger partial charge in [-0.1, -0.05) is 48.5 Å². The number of H-pyrrole nitrogens is 1. The second-order valence-electron chi connectivity index (χ2n) is 5.64. The van der Waals surface area contributed by atoms with Gasteiger partial charge in [0.05, 0.1) is 23.1 Å². The predicted octanol–water partition coefficient (Wildman–Crippen LogP) is 2.53. The highest BCUT2D eigenvalue weighted by atomic mass is 16.1. The summed E-state index contributed by atoms with van der Waals surface area (Å²) in [6.07, 6.45) is 1.63. The molecule has 2 heterocycles. The van der Waals surface area contributed by atoms with Crippen LogP contribution < -0.4 is 11.1 Å². The normalized spacial score (nSPS) is 11.0. The van der Waals surface area contributed by atoms with Gasteiger partial charge in [-0.3, -0.25) is 14.7 Å². The van der Waals surface area contributed by atoms with Crippen LogP contribution in [0.4, 0.5) is 0 Å². The summed E-state index contributed by atoms with van der Waals surface area (Å²) in [6.45, 7) is 0.436. The Balaban J connectivity index is 1.85. The van der Waals surface area contributed by atoms with Crippen LogP contribution in [0.1, 0.15) is 5.56 Å². The molecule has 5 heteroatoms. The molecule has 4 aromatic rings. The fourth-order valence-electron chi connectivity index (χ4n) is 2.79. The molecule has 0 saturated carbocycles. The lowest BCUT2D eigenvalue weighted by Gasteiger charge is -2.05. The zero-order valence-electron chi connectivity index (χ0n) is 12.8. The smallest absolute Gasteiger partial charge is 0.280 e. The minimum Gasteiger partial charge on any atom is -0.310 e. The third-order valence-corrected chi connectivity index (χ3v) is 4.00. The maximum absolute atomic E-state index is 12.7. The van der Waals surface area contributed by atoms with Gasteiger partial charge >= 0.3 is 0 Å². The van der Waals surface area contributed by atoms with Gasteiger partial charge in [-0.2, -0.15) is 0 Å². The molecule has 0 unspecified atom stereocenters. The van der Waals surface area contributed by atoms with Gasteiger partial charge in [-0.05, 0) is 17.7 Å². The number of nitrogens with zero attached hydrogens (tertiary/aromatic N) is 2. The first-order chi connectivity index (χ1) is 11.7. The van der Waals surface area contributed by atoms with E-state index < -0.39 is 0 Å². The standard InChI is InChI=1S/C19H15N3O2/c23-18-11-17-16(13-21(18)12-14-7-3-1-4-8-14)19(24)22(20-17)15-9-5-2-6-10-15/h1-11,13,20H,12H2. The van der Waals surface area contributed by atoms with Gasteiger partial charge in [0.1, 0.15) is 0 Å². The van der Waals surface area contributed by atoms with Crippen LogP contribution in [0.5, 0.6) is 0 Å². The maximum Gasteiger partial charge on any atom is 0.280 e. The van der Waals surface area contributed by atoms with Crippen LogP contribution in [0.25, 0.3) is 16.6 Å². The summed E-state index contributed by atoms with van der Waals surface area (Å²) < 4.78 is 3.01. The monoisotopic (exact) mass is 317 g/mol. The molecule has 24 heavy (non-hydrogen) atoms. The quantitative estimate of drug-likeness (QED) is 0.631. The highest BCUT2D eigenvalue weighted by molar-refractivity contribution is 5.77. The van der Waals surface area contributed by atoms with E-state index in [0.29, 0.717) is 17.4 Å². The Morgan fingerprint density at radius 1 is 0.875 bits per heavy atom. The minimum absolute atomic E-state index is 0.146. The summed E-state index contributed by atoms with van der Waals surface area (Å²) in [4.78, 5) is 25.0. The summed E-state index contributed by atoms with van der Waals surface area (Å²) in [5.74, 6) is 0. The first-order valence-corrected chi connectivity index (χ1v) is 7.67.